The van der Waals surface area contributed by atoms with Crippen LogP contribution in [0, 0.1) is 0 Å². The van der Waals surface area contributed by atoms with Gasteiger partial charge in [0.2, 0.25) is 0 Å². The molecule has 0 saturated heterocycles. The second-order valence-corrected chi connectivity index (χ2v) is 10.6. The molecular weight excluding hydrogens is 232 g/mol. The highest BCUT2D eigenvalue weighted by atomic mass is 28.4. The average Bonchev–Trinajstić information content (AvgIpc) is 2.14. The van der Waals surface area contributed by atoms with Crippen LogP contribution in [0.5, 0.6) is 0 Å². The molecule has 100 valence electrons. The average molecular weight is 258 g/mol. The Bertz CT molecular complexity index is 277. The van der Waals surface area contributed by atoms with E-state index in [0.29, 0.717) is 0 Å². The van der Waals surface area contributed by atoms with Crippen LogP contribution in [0.25, 0.3) is 0 Å². The van der Waals surface area contributed by atoms with Gasteiger partial charge in [0.15, 0.2) is 8.32 Å². The van der Waals surface area contributed by atoms with Crippen molar-refractivity contribution in [1.29, 1.82) is 0 Å². The van der Waals surface area contributed by atoms with E-state index in [9.17, 15) is 4.79 Å². The summed E-state index contributed by atoms with van der Waals surface area (Å²) in [5, 5.41) is 0.216. The van der Waals surface area contributed by atoms with Gasteiger partial charge in [-0.3, -0.25) is 0 Å². The Morgan fingerprint density at radius 1 is 1.35 bits per heavy atom. The van der Waals surface area contributed by atoms with Gasteiger partial charge in [-0.05, 0) is 31.5 Å². The third-order valence-electron chi connectivity index (χ3n) is 3.23. The van der Waals surface area contributed by atoms with E-state index in [1.165, 1.54) is 13.2 Å². The van der Waals surface area contributed by atoms with E-state index in [2.05, 4.69) is 38.6 Å². The summed E-state index contributed by atoms with van der Waals surface area (Å²) in [6, 6.07) is 0. The summed E-state index contributed by atoms with van der Waals surface area (Å²) in [5.74, 6) is -0.315. The van der Waals surface area contributed by atoms with E-state index in [0.717, 1.165) is 6.42 Å². The number of carbonyl (C=O) groups excluding carboxylic acids is 1. The Morgan fingerprint density at radius 3 is 2.29 bits per heavy atom. The van der Waals surface area contributed by atoms with Gasteiger partial charge in [0.05, 0.1) is 7.11 Å². The number of hydrogen-bond donors (Lipinski definition) is 0. The summed E-state index contributed by atoms with van der Waals surface area (Å²) in [6.07, 6.45) is 4.13. The Balaban J connectivity index is 4.24. The van der Waals surface area contributed by atoms with Crippen molar-refractivity contribution >= 4 is 14.3 Å². The molecule has 1 atom stereocenters. The largest absolute Gasteiger partial charge is 0.466 e. The van der Waals surface area contributed by atoms with Gasteiger partial charge >= 0.3 is 5.97 Å². The zero-order valence-electron chi connectivity index (χ0n) is 12.2. The fraction of sp³-hybridized carbons (Fsp3) is 0.769. The molecular formula is C13H26O3Si. The van der Waals surface area contributed by atoms with E-state index in [1.807, 2.05) is 13.0 Å². The summed E-state index contributed by atoms with van der Waals surface area (Å²) < 4.78 is 10.7. The van der Waals surface area contributed by atoms with Crippen molar-refractivity contribution in [2.24, 2.45) is 0 Å². The van der Waals surface area contributed by atoms with Crippen molar-refractivity contribution in [3.05, 3.63) is 12.2 Å². The van der Waals surface area contributed by atoms with Crippen LogP contribution >= 0.6 is 0 Å². The standard InChI is InChI=1S/C13H26O3Si/c1-11(9-8-10-12(14)15-5)16-17(6,7)13(2,3)4/h8,10-11H,9H2,1-7H3/b10-8+. The molecule has 0 amide bonds. The topological polar surface area (TPSA) is 35.5 Å². The molecule has 0 aromatic rings. The van der Waals surface area contributed by atoms with Crippen molar-refractivity contribution in [3.8, 4) is 0 Å². The maximum Gasteiger partial charge on any atom is 0.330 e. The van der Waals surface area contributed by atoms with Crippen molar-refractivity contribution in [2.75, 3.05) is 7.11 Å². The van der Waals surface area contributed by atoms with E-state index in [-0.39, 0.29) is 17.1 Å². The highest BCUT2D eigenvalue weighted by Crippen LogP contribution is 2.37. The predicted octanol–water partition coefficient (Wildman–Crippen LogP) is 3.52. The summed E-state index contributed by atoms with van der Waals surface area (Å²) in [4.78, 5) is 10.9. The molecule has 0 aromatic carbocycles. The van der Waals surface area contributed by atoms with Crippen LogP contribution in [0.2, 0.25) is 18.1 Å². The van der Waals surface area contributed by atoms with Crippen molar-refractivity contribution in [1.82, 2.24) is 0 Å². The van der Waals surface area contributed by atoms with Gasteiger partial charge in [-0.2, -0.15) is 0 Å². The van der Waals surface area contributed by atoms with Crippen LogP contribution in [0.4, 0.5) is 0 Å². The van der Waals surface area contributed by atoms with Crippen molar-refractivity contribution in [2.45, 2.75) is 58.4 Å². The van der Waals surface area contributed by atoms with Gasteiger partial charge in [0.25, 0.3) is 0 Å². The molecule has 0 saturated carbocycles. The fourth-order valence-electron chi connectivity index (χ4n) is 1.15. The number of methoxy groups -OCH3 is 1. The minimum absolute atomic E-state index is 0.136. The first-order valence-electron chi connectivity index (χ1n) is 6.02. The molecule has 3 nitrogen and oxygen atoms in total. The molecule has 0 aromatic heterocycles. The Labute approximate surface area is 106 Å². The number of rotatable bonds is 5. The van der Waals surface area contributed by atoms with Crippen molar-refractivity contribution in [3.63, 3.8) is 0 Å². The van der Waals surface area contributed by atoms with Gasteiger partial charge in [-0.1, -0.05) is 26.8 Å². The molecule has 0 rings (SSSR count). The van der Waals surface area contributed by atoms with Crippen LogP contribution in [0.15, 0.2) is 12.2 Å². The number of hydrogen-bond acceptors (Lipinski definition) is 3. The second kappa shape index (κ2) is 6.35. The van der Waals surface area contributed by atoms with E-state index < -0.39 is 8.32 Å². The van der Waals surface area contributed by atoms with E-state index in [4.69, 9.17) is 4.43 Å². The first-order chi connectivity index (χ1) is 7.60. The summed E-state index contributed by atoms with van der Waals surface area (Å²) in [6.45, 7) is 13.2. The van der Waals surface area contributed by atoms with Crippen LogP contribution in [-0.4, -0.2) is 27.5 Å². The van der Waals surface area contributed by atoms with Crippen LogP contribution in [-0.2, 0) is 14.0 Å². The lowest BCUT2D eigenvalue weighted by Crippen LogP contribution is -2.43. The van der Waals surface area contributed by atoms with Gasteiger partial charge < -0.3 is 9.16 Å². The predicted molar refractivity (Wildman–Crippen MR) is 73.5 cm³/mol. The lowest BCUT2D eigenvalue weighted by Gasteiger charge is -2.38. The fourth-order valence-corrected chi connectivity index (χ4v) is 2.61. The van der Waals surface area contributed by atoms with Gasteiger partial charge in [-0.15, -0.1) is 0 Å². The molecule has 0 aliphatic rings. The maximum atomic E-state index is 10.9. The van der Waals surface area contributed by atoms with Gasteiger partial charge in [0.1, 0.15) is 0 Å². The minimum atomic E-state index is -1.70. The molecule has 1 unspecified atom stereocenters. The van der Waals surface area contributed by atoms with E-state index >= 15 is 0 Å². The maximum absolute atomic E-state index is 10.9. The highest BCUT2D eigenvalue weighted by molar-refractivity contribution is 6.74. The molecule has 0 heterocycles. The summed E-state index contributed by atoms with van der Waals surface area (Å²) in [5.41, 5.74) is 0. The summed E-state index contributed by atoms with van der Waals surface area (Å²) in [7, 11) is -0.326. The van der Waals surface area contributed by atoms with Crippen molar-refractivity contribution < 1.29 is 14.0 Å². The molecule has 0 spiro atoms. The normalized spacial score (nSPS) is 15.0. The zero-order valence-corrected chi connectivity index (χ0v) is 13.2. The molecule has 0 bridgehead atoms. The molecule has 17 heavy (non-hydrogen) atoms. The first kappa shape index (κ1) is 16.4. The Hall–Kier alpha value is -0.613. The van der Waals surface area contributed by atoms with Gasteiger partial charge in [0, 0.05) is 12.2 Å². The zero-order chi connectivity index (χ0) is 13.7. The summed E-state index contributed by atoms with van der Waals surface area (Å²) >= 11 is 0. The molecule has 4 heteroatoms. The highest BCUT2D eigenvalue weighted by Gasteiger charge is 2.38. The SMILES string of the molecule is COC(=O)/C=C/CC(C)O[Si](C)(C)C(C)(C)C. The van der Waals surface area contributed by atoms with E-state index in [1.54, 1.807) is 0 Å². The minimum Gasteiger partial charge on any atom is -0.466 e. The van der Waals surface area contributed by atoms with Crippen LogP contribution in [0.1, 0.15) is 34.1 Å². The van der Waals surface area contributed by atoms with Gasteiger partial charge in [-0.25, -0.2) is 4.79 Å². The molecule has 0 fully saturated rings. The number of carbonyl (C=O) groups is 1. The number of ether oxygens (including phenoxy) is 1. The molecule has 0 aliphatic heterocycles. The molecule has 0 N–H and O–H groups in total. The smallest absolute Gasteiger partial charge is 0.330 e. The lowest BCUT2D eigenvalue weighted by molar-refractivity contribution is -0.134. The van der Waals surface area contributed by atoms with Crippen LogP contribution < -0.4 is 0 Å². The Kier molecular flexibility index (Phi) is 6.13. The second-order valence-electron chi connectivity index (χ2n) is 5.85. The third-order valence-corrected chi connectivity index (χ3v) is 7.83. The Morgan fingerprint density at radius 2 is 1.88 bits per heavy atom. The third kappa shape index (κ3) is 6.03. The van der Waals surface area contributed by atoms with Crippen LogP contribution in [0.3, 0.4) is 0 Å². The quantitative estimate of drug-likeness (QED) is 0.430. The first-order valence-corrected chi connectivity index (χ1v) is 8.93. The molecule has 0 radical (unpaired) electrons. The number of esters is 1. The lowest BCUT2D eigenvalue weighted by atomic mass is 10.2. The molecule has 0 aliphatic carbocycles. The monoisotopic (exact) mass is 258 g/mol.